The Balaban J connectivity index is 1.78. The van der Waals surface area contributed by atoms with Crippen LogP contribution >= 0.6 is 23.4 Å². The normalized spacial score (nSPS) is 12.5. The van der Waals surface area contributed by atoms with Crippen LogP contribution in [0.15, 0.2) is 56.5 Å². The van der Waals surface area contributed by atoms with E-state index in [4.69, 9.17) is 20.5 Å². The van der Waals surface area contributed by atoms with Gasteiger partial charge in [0.25, 0.3) is 0 Å². The van der Waals surface area contributed by atoms with E-state index in [1.807, 2.05) is 31.2 Å². The van der Waals surface area contributed by atoms with Gasteiger partial charge in [-0.15, -0.1) is 11.8 Å². The number of furan rings is 1. The topological polar surface area (TPSA) is 52.1 Å². The fourth-order valence-corrected chi connectivity index (χ4v) is 2.87. The first kappa shape index (κ1) is 13.3. The van der Waals surface area contributed by atoms with Crippen LogP contribution in [0, 0.1) is 0 Å². The van der Waals surface area contributed by atoms with Gasteiger partial charge in [0.2, 0.25) is 11.7 Å². The molecule has 2 heterocycles. The smallest absolute Gasteiger partial charge is 0.240 e. The number of hydrogen-bond acceptors (Lipinski definition) is 5. The zero-order valence-electron chi connectivity index (χ0n) is 10.6. The standard InChI is InChI=1S/C14H11ClN2O2S/c1-9(20-12-7-3-2-5-10(12)15)14-16-13(17-19-14)11-6-4-8-18-11/h2-9H,1H3/t9-/m0/s1. The maximum Gasteiger partial charge on any atom is 0.240 e. The summed E-state index contributed by atoms with van der Waals surface area (Å²) in [6.07, 6.45) is 1.58. The van der Waals surface area contributed by atoms with Crippen LogP contribution in [0.25, 0.3) is 11.6 Å². The van der Waals surface area contributed by atoms with Gasteiger partial charge in [-0.05, 0) is 31.2 Å². The second-order valence-corrected chi connectivity index (χ2v) is 5.91. The molecular weight excluding hydrogens is 296 g/mol. The Morgan fingerprint density at radius 1 is 1.20 bits per heavy atom. The highest BCUT2D eigenvalue weighted by Crippen LogP contribution is 2.38. The lowest BCUT2D eigenvalue weighted by Crippen LogP contribution is -1.89. The Bertz CT molecular complexity index is 697. The van der Waals surface area contributed by atoms with Gasteiger partial charge < -0.3 is 8.94 Å². The quantitative estimate of drug-likeness (QED) is 0.646. The molecule has 0 radical (unpaired) electrons. The van der Waals surface area contributed by atoms with Crippen LogP contribution in [0.1, 0.15) is 18.1 Å². The van der Waals surface area contributed by atoms with E-state index >= 15 is 0 Å². The number of nitrogens with zero attached hydrogens (tertiary/aromatic N) is 2. The monoisotopic (exact) mass is 306 g/mol. The molecule has 0 aliphatic rings. The summed E-state index contributed by atoms with van der Waals surface area (Å²) in [6, 6.07) is 11.3. The number of benzene rings is 1. The zero-order chi connectivity index (χ0) is 13.9. The van der Waals surface area contributed by atoms with Crippen molar-refractivity contribution in [2.75, 3.05) is 0 Å². The Morgan fingerprint density at radius 3 is 2.80 bits per heavy atom. The second-order valence-electron chi connectivity index (χ2n) is 4.12. The van der Waals surface area contributed by atoms with Crippen molar-refractivity contribution in [3.63, 3.8) is 0 Å². The minimum atomic E-state index is 0.00566. The van der Waals surface area contributed by atoms with Crippen LogP contribution in [0.4, 0.5) is 0 Å². The molecule has 0 saturated carbocycles. The average molecular weight is 307 g/mol. The highest BCUT2D eigenvalue weighted by Gasteiger charge is 2.18. The molecule has 1 aromatic carbocycles. The molecule has 0 aliphatic carbocycles. The third kappa shape index (κ3) is 2.73. The predicted octanol–water partition coefficient (Wildman–Crippen LogP) is 4.84. The van der Waals surface area contributed by atoms with Crippen LogP contribution in [0.2, 0.25) is 5.02 Å². The number of rotatable bonds is 4. The molecule has 0 saturated heterocycles. The molecule has 0 fully saturated rings. The number of aromatic nitrogens is 2. The largest absolute Gasteiger partial charge is 0.461 e. The zero-order valence-corrected chi connectivity index (χ0v) is 12.2. The SMILES string of the molecule is C[C@H](Sc1ccccc1Cl)c1nc(-c2ccco2)no1. The van der Waals surface area contributed by atoms with Crippen molar-refractivity contribution in [3.05, 3.63) is 53.6 Å². The third-order valence-electron chi connectivity index (χ3n) is 2.67. The third-order valence-corrected chi connectivity index (χ3v) is 4.28. The van der Waals surface area contributed by atoms with Crippen molar-refractivity contribution in [2.24, 2.45) is 0 Å². The lowest BCUT2D eigenvalue weighted by molar-refractivity contribution is 0.379. The molecule has 2 aromatic heterocycles. The first-order valence-corrected chi connectivity index (χ1v) is 7.28. The molecular formula is C14H11ClN2O2S. The van der Waals surface area contributed by atoms with Crippen molar-refractivity contribution in [1.82, 2.24) is 10.1 Å². The lowest BCUT2D eigenvalue weighted by atomic mass is 10.4. The predicted molar refractivity (Wildman–Crippen MR) is 77.7 cm³/mol. The second kappa shape index (κ2) is 5.73. The summed E-state index contributed by atoms with van der Waals surface area (Å²) in [5, 5.41) is 4.64. The highest BCUT2D eigenvalue weighted by molar-refractivity contribution is 7.99. The molecule has 102 valence electrons. The first-order valence-electron chi connectivity index (χ1n) is 6.02. The van der Waals surface area contributed by atoms with Gasteiger partial charge in [-0.1, -0.05) is 28.9 Å². The molecule has 0 spiro atoms. The molecule has 0 aliphatic heterocycles. The molecule has 20 heavy (non-hydrogen) atoms. The average Bonchev–Trinajstić information content (AvgIpc) is 3.11. The Hall–Kier alpha value is -1.72. The molecule has 6 heteroatoms. The Kier molecular flexibility index (Phi) is 3.80. The lowest BCUT2D eigenvalue weighted by Gasteiger charge is -2.07. The van der Waals surface area contributed by atoms with E-state index in [1.54, 1.807) is 30.2 Å². The van der Waals surface area contributed by atoms with Crippen LogP contribution in [-0.2, 0) is 0 Å². The summed E-state index contributed by atoms with van der Waals surface area (Å²) in [6.45, 7) is 1.99. The van der Waals surface area contributed by atoms with Crippen molar-refractivity contribution < 1.29 is 8.94 Å². The van der Waals surface area contributed by atoms with Crippen molar-refractivity contribution >= 4 is 23.4 Å². The summed E-state index contributed by atoms with van der Waals surface area (Å²) in [5.41, 5.74) is 0. The van der Waals surface area contributed by atoms with Gasteiger partial charge >= 0.3 is 0 Å². The van der Waals surface area contributed by atoms with Crippen LogP contribution in [-0.4, -0.2) is 10.1 Å². The molecule has 4 nitrogen and oxygen atoms in total. The fraction of sp³-hybridized carbons (Fsp3) is 0.143. The Labute approximate surface area is 125 Å². The molecule has 3 aromatic rings. The van der Waals surface area contributed by atoms with Crippen LogP contribution in [0.3, 0.4) is 0 Å². The van der Waals surface area contributed by atoms with Gasteiger partial charge in [0.05, 0.1) is 16.5 Å². The first-order chi connectivity index (χ1) is 9.74. The number of halogens is 1. The van der Waals surface area contributed by atoms with Gasteiger partial charge in [-0.2, -0.15) is 4.98 Å². The van der Waals surface area contributed by atoms with Crippen LogP contribution < -0.4 is 0 Å². The summed E-state index contributed by atoms with van der Waals surface area (Å²) >= 11 is 7.71. The molecule has 0 amide bonds. The van der Waals surface area contributed by atoms with Crippen molar-refractivity contribution in [3.8, 4) is 11.6 Å². The van der Waals surface area contributed by atoms with Gasteiger partial charge in [0.15, 0.2) is 5.76 Å². The molecule has 3 rings (SSSR count). The molecule has 0 bridgehead atoms. The van der Waals surface area contributed by atoms with E-state index in [2.05, 4.69) is 10.1 Å². The van der Waals surface area contributed by atoms with Gasteiger partial charge in [0, 0.05) is 4.90 Å². The molecule has 0 N–H and O–H groups in total. The van der Waals surface area contributed by atoms with E-state index in [0.717, 1.165) is 9.92 Å². The van der Waals surface area contributed by atoms with Gasteiger partial charge in [0.1, 0.15) is 0 Å². The van der Waals surface area contributed by atoms with Gasteiger partial charge in [-0.25, -0.2) is 0 Å². The minimum absolute atomic E-state index is 0.00566. The van der Waals surface area contributed by atoms with Crippen LogP contribution in [0.5, 0.6) is 0 Å². The highest BCUT2D eigenvalue weighted by atomic mass is 35.5. The maximum absolute atomic E-state index is 6.14. The maximum atomic E-state index is 6.14. The minimum Gasteiger partial charge on any atom is -0.461 e. The van der Waals surface area contributed by atoms with Crippen molar-refractivity contribution in [2.45, 2.75) is 17.1 Å². The van der Waals surface area contributed by atoms with E-state index in [9.17, 15) is 0 Å². The molecule has 0 unspecified atom stereocenters. The number of thioether (sulfide) groups is 1. The van der Waals surface area contributed by atoms with Crippen molar-refractivity contribution in [1.29, 1.82) is 0 Å². The van der Waals surface area contributed by atoms with E-state index < -0.39 is 0 Å². The summed E-state index contributed by atoms with van der Waals surface area (Å²) in [4.78, 5) is 5.33. The summed E-state index contributed by atoms with van der Waals surface area (Å²) in [5.74, 6) is 1.59. The van der Waals surface area contributed by atoms with E-state index in [1.165, 1.54) is 0 Å². The summed E-state index contributed by atoms with van der Waals surface area (Å²) < 4.78 is 10.5. The Morgan fingerprint density at radius 2 is 2.05 bits per heavy atom. The summed E-state index contributed by atoms with van der Waals surface area (Å²) in [7, 11) is 0. The molecule has 1 atom stereocenters. The van der Waals surface area contributed by atoms with E-state index in [0.29, 0.717) is 17.5 Å². The fourth-order valence-electron chi connectivity index (χ4n) is 1.69. The van der Waals surface area contributed by atoms with Gasteiger partial charge in [-0.3, -0.25) is 0 Å². The van der Waals surface area contributed by atoms with E-state index in [-0.39, 0.29) is 5.25 Å². The number of hydrogen-bond donors (Lipinski definition) is 0.